The Bertz CT molecular complexity index is 3810. The smallest absolute Gasteiger partial charge is 0.164 e. The van der Waals surface area contributed by atoms with Gasteiger partial charge in [-0.05, 0) is 65.7 Å². The Morgan fingerprint density at radius 3 is 1.40 bits per heavy atom. The van der Waals surface area contributed by atoms with Crippen molar-refractivity contribution in [2.75, 3.05) is 0 Å². The fourth-order valence-electron chi connectivity index (χ4n) is 9.51. The summed E-state index contributed by atoms with van der Waals surface area (Å²) in [5.74, 6) is 1.87. The fourth-order valence-corrected chi connectivity index (χ4v) is 10.8. The summed E-state index contributed by atoms with van der Waals surface area (Å²) in [7, 11) is 0. The molecule has 4 heterocycles. The zero-order valence-corrected chi connectivity index (χ0v) is 34.7. The van der Waals surface area contributed by atoms with Gasteiger partial charge in [0.2, 0.25) is 0 Å². The molecule has 294 valence electrons. The molecular weight excluding hydrogens is 787 g/mol. The molecule has 0 saturated carbocycles. The highest BCUT2D eigenvalue weighted by atomic mass is 32.1. The lowest BCUT2D eigenvalue weighted by atomic mass is 9.99. The van der Waals surface area contributed by atoms with Gasteiger partial charge in [-0.1, -0.05) is 158 Å². The van der Waals surface area contributed by atoms with E-state index in [2.05, 4.69) is 185 Å². The first kappa shape index (κ1) is 35.6. The summed E-state index contributed by atoms with van der Waals surface area (Å²) in [6.07, 6.45) is 0. The first-order chi connectivity index (χ1) is 31.2. The quantitative estimate of drug-likeness (QED) is 0.168. The van der Waals surface area contributed by atoms with Crippen LogP contribution >= 0.6 is 11.3 Å². The number of rotatable bonds is 6. The minimum atomic E-state index is 0.612. The molecule has 13 rings (SSSR count). The summed E-state index contributed by atoms with van der Waals surface area (Å²) >= 11 is 1.84. The van der Waals surface area contributed by atoms with Crippen LogP contribution in [0.1, 0.15) is 0 Å². The Kier molecular flexibility index (Phi) is 8.01. The van der Waals surface area contributed by atoms with Crippen molar-refractivity contribution >= 4 is 75.1 Å². The summed E-state index contributed by atoms with van der Waals surface area (Å²) in [5.41, 5.74) is 11.8. The Balaban J connectivity index is 1.11. The topological polar surface area (TPSA) is 48.5 Å². The van der Waals surface area contributed by atoms with Crippen LogP contribution in [0.25, 0.3) is 120 Å². The largest absolute Gasteiger partial charge is 0.309 e. The highest BCUT2D eigenvalue weighted by Crippen LogP contribution is 2.43. The van der Waals surface area contributed by atoms with E-state index in [0.717, 1.165) is 44.7 Å². The zero-order chi connectivity index (χ0) is 41.4. The predicted molar refractivity (Wildman–Crippen MR) is 263 cm³/mol. The molecule has 0 aliphatic carbocycles. The molecule has 0 aliphatic heterocycles. The number of hydrogen-bond donors (Lipinski definition) is 0. The van der Waals surface area contributed by atoms with Crippen molar-refractivity contribution in [1.29, 1.82) is 0 Å². The van der Waals surface area contributed by atoms with Gasteiger partial charge in [-0.25, -0.2) is 15.0 Å². The second-order valence-corrected chi connectivity index (χ2v) is 17.1. The van der Waals surface area contributed by atoms with Crippen molar-refractivity contribution in [3.8, 4) is 56.7 Å². The summed E-state index contributed by atoms with van der Waals surface area (Å²) in [5, 5.41) is 7.38. The number of benzene rings is 9. The van der Waals surface area contributed by atoms with Crippen molar-refractivity contribution in [2.45, 2.75) is 0 Å². The molecular formula is C57H35N5S. The lowest BCUT2D eigenvalue weighted by molar-refractivity contribution is 1.07. The maximum absolute atomic E-state index is 5.25. The first-order valence-electron chi connectivity index (χ1n) is 21.2. The molecule has 0 radical (unpaired) electrons. The maximum Gasteiger partial charge on any atom is 0.164 e. The molecule has 0 N–H and O–H groups in total. The highest BCUT2D eigenvalue weighted by molar-refractivity contribution is 7.26. The van der Waals surface area contributed by atoms with Crippen LogP contribution < -0.4 is 0 Å². The molecule has 13 aromatic rings. The summed E-state index contributed by atoms with van der Waals surface area (Å²) < 4.78 is 7.35. The lowest BCUT2D eigenvalue weighted by Gasteiger charge is -2.15. The molecule has 0 unspecified atom stereocenters. The summed E-state index contributed by atoms with van der Waals surface area (Å²) in [4.78, 5) is 15.6. The van der Waals surface area contributed by atoms with Gasteiger partial charge in [0.25, 0.3) is 0 Å². The Morgan fingerprint density at radius 1 is 0.302 bits per heavy atom. The minimum absolute atomic E-state index is 0.612. The molecule has 0 bridgehead atoms. The van der Waals surface area contributed by atoms with Crippen LogP contribution in [0.4, 0.5) is 0 Å². The Morgan fingerprint density at radius 2 is 0.778 bits per heavy atom. The number of nitrogens with zero attached hydrogens (tertiary/aromatic N) is 5. The maximum atomic E-state index is 5.25. The summed E-state index contributed by atoms with van der Waals surface area (Å²) in [6, 6.07) is 75.7. The number of hydrogen-bond acceptors (Lipinski definition) is 4. The number of aromatic nitrogens is 5. The average Bonchev–Trinajstić information content (AvgIpc) is 4.02. The second kappa shape index (κ2) is 14.2. The standard InChI is InChI=1S/C57H35N5S/c1-3-16-36(17-4-1)55-58-56(37-18-5-2-6-19-37)60-57(59-55)39-32-38(42-24-15-25-48-47-23-10-14-29-53(47)63-54(42)48)33-41(34-39)62-51-28-13-9-22-45(51)46-31-30-40(35-52(46)62)61-49-26-11-7-20-43(49)44-21-8-12-27-50(44)61/h1-35H. The number of thiophene rings is 1. The van der Waals surface area contributed by atoms with Gasteiger partial charge >= 0.3 is 0 Å². The summed E-state index contributed by atoms with van der Waals surface area (Å²) in [6.45, 7) is 0. The first-order valence-corrected chi connectivity index (χ1v) is 22.0. The van der Waals surface area contributed by atoms with E-state index in [-0.39, 0.29) is 0 Å². The molecule has 5 nitrogen and oxygen atoms in total. The fraction of sp³-hybridized carbons (Fsp3) is 0. The van der Waals surface area contributed by atoms with E-state index < -0.39 is 0 Å². The van der Waals surface area contributed by atoms with Gasteiger partial charge in [0.05, 0.1) is 22.1 Å². The minimum Gasteiger partial charge on any atom is -0.309 e. The molecule has 0 amide bonds. The van der Waals surface area contributed by atoms with Crippen molar-refractivity contribution in [3.05, 3.63) is 212 Å². The molecule has 0 atom stereocenters. The van der Waals surface area contributed by atoms with E-state index in [1.165, 1.54) is 58.3 Å². The van der Waals surface area contributed by atoms with E-state index in [0.29, 0.717) is 17.5 Å². The van der Waals surface area contributed by atoms with E-state index in [9.17, 15) is 0 Å². The van der Waals surface area contributed by atoms with Gasteiger partial charge in [0.1, 0.15) is 0 Å². The molecule has 0 saturated heterocycles. The average molecular weight is 822 g/mol. The molecule has 9 aromatic carbocycles. The van der Waals surface area contributed by atoms with Crippen LogP contribution in [0.2, 0.25) is 0 Å². The highest BCUT2D eigenvalue weighted by Gasteiger charge is 2.20. The molecule has 0 fully saturated rings. The van der Waals surface area contributed by atoms with Crippen molar-refractivity contribution in [2.24, 2.45) is 0 Å². The second-order valence-electron chi connectivity index (χ2n) is 16.0. The SMILES string of the molecule is c1ccc(-c2nc(-c3ccccc3)nc(-c3cc(-c4cccc5c4sc4ccccc45)cc(-n4c5ccccc5c5ccc(-n6c7ccccc7c7ccccc76)cc54)c3)n2)cc1. The van der Waals surface area contributed by atoms with Crippen LogP contribution in [0, 0.1) is 0 Å². The molecule has 6 heteroatoms. The van der Waals surface area contributed by atoms with Crippen LogP contribution in [-0.4, -0.2) is 24.1 Å². The molecule has 4 aromatic heterocycles. The van der Waals surface area contributed by atoms with Gasteiger partial charge in [0.15, 0.2) is 17.5 Å². The van der Waals surface area contributed by atoms with Crippen LogP contribution in [-0.2, 0) is 0 Å². The van der Waals surface area contributed by atoms with Crippen molar-refractivity contribution in [3.63, 3.8) is 0 Å². The third kappa shape index (κ3) is 5.73. The predicted octanol–water partition coefficient (Wildman–Crippen LogP) is 15.1. The lowest BCUT2D eigenvalue weighted by Crippen LogP contribution is -2.02. The van der Waals surface area contributed by atoms with Crippen molar-refractivity contribution < 1.29 is 0 Å². The Labute approximate surface area is 366 Å². The van der Waals surface area contributed by atoms with E-state index in [4.69, 9.17) is 15.0 Å². The van der Waals surface area contributed by atoms with E-state index >= 15 is 0 Å². The van der Waals surface area contributed by atoms with Gasteiger partial charge in [-0.2, -0.15) is 0 Å². The zero-order valence-electron chi connectivity index (χ0n) is 33.9. The van der Waals surface area contributed by atoms with E-state index in [1.54, 1.807) is 0 Å². The third-order valence-corrected chi connectivity index (χ3v) is 13.6. The molecule has 0 spiro atoms. The Hall–Kier alpha value is -8.19. The van der Waals surface area contributed by atoms with E-state index in [1.807, 2.05) is 47.7 Å². The monoisotopic (exact) mass is 821 g/mol. The number of fused-ring (bicyclic) bond motifs is 9. The van der Waals surface area contributed by atoms with Gasteiger partial charge < -0.3 is 9.13 Å². The third-order valence-electron chi connectivity index (χ3n) is 12.3. The van der Waals surface area contributed by atoms with Crippen molar-refractivity contribution in [1.82, 2.24) is 24.1 Å². The molecule has 63 heavy (non-hydrogen) atoms. The molecule has 0 aliphatic rings. The van der Waals surface area contributed by atoms with Crippen LogP contribution in [0.3, 0.4) is 0 Å². The van der Waals surface area contributed by atoms with Crippen LogP contribution in [0.5, 0.6) is 0 Å². The van der Waals surface area contributed by atoms with Gasteiger partial charge in [-0.15, -0.1) is 11.3 Å². The van der Waals surface area contributed by atoms with Gasteiger partial charge in [0, 0.05) is 69.8 Å². The van der Waals surface area contributed by atoms with Crippen LogP contribution in [0.15, 0.2) is 212 Å². The van der Waals surface area contributed by atoms with Gasteiger partial charge in [-0.3, -0.25) is 0 Å². The number of para-hydroxylation sites is 3. The normalized spacial score (nSPS) is 11.8.